The molecule has 4 aromatic rings. The number of hydrogen-bond donors (Lipinski definition) is 0. The number of carbonyl (C=O) groups is 1. The molecule has 5 rings (SSSR count). The fourth-order valence-corrected chi connectivity index (χ4v) is 6.38. The molecule has 0 N–H and O–H groups in total. The van der Waals surface area contributed by atoms with Gasteiger partial charge < -0.3 is 9.47 Å². The minimum atomic E-state index is 0.301. The SMILES string of the molecule is CCCn1c(SCCCCC(=O)N2CCN(Cc3ccccc3)CC2)nc(-c2ccccc2)c1-c1ccccc1. The molecule has 1 amide bonds. The van der Waals surface area contributed by atoms with Crippen molar-refractivity contribution in [1.82, 2.24) is 19.4 Å². The summed E-state index contributed by atoms with van der Waals surface area (Å²) in [5, 5.41) is 1.07. The Morgan fingerprint density at radius 1 is 0.800 bits per heavy atom. The van der Waals surface area contributed by atoms with Crippen LogP contribution in [0.1, 0.15) is 38.2 Å². The van der Waals surface area contributed by atoms with Crippen LogP contribution in [0.3, 0.4) is 0 Å². The van der Waals surface area contributed by atoms with E-state index >= 15 is 0 Å². The molecule has 1 saturated heterocycles. The first-order valence-electron chi connectivity index (χ1n) is 14.6. The maximum absolute atomic E-state index is 12.9. The standard InChI is InChI=1S/C34H40N4OS/c1-2-21-38-33(30-18-10-5-11-19-30)32(29-16-8-4-9-17-29)35-34(38)40-26-13-12-20-31(39)37-24-22-36(23-25-37)27-28-14-6-3-7-15-28/h3-11,14-19H,2,12-13,20-27H2,1H3. The van der Waals surface area contributed by atoms with Crippen molar-refractivity contribution in [2.45, 2.75) is 50.9 Å². The summed E-state index contributed by atoms with van der Waals surface area (Å²) in [4.78, 5) is 22.5. The minimum Gasteiger partial charge on any atom is -0.340 e. The first kappa shape index (κ1) is 28.2. The summed E-state index contributed by atoms with van der Waals surface area (Å²) in [5.74, 6) is 1.26. The lowest BCUT2D eigenvalue weighted by Crippen LogP contribution is -2.48. The lowest BCUT2D eigenvalue weighted by molar-refractivity contribution is -0.133. The summed E-state index contributed by atoms with van der Waals surface area (Å²) in [7, 11) is 0. The highest BCUT2D eigenvalue weighted by molar-refractivity contribution is 7.99. The van der Waals surface area contributed by atoms with Gasteiger partial charge in [-0.25, -0.2) is 4.98 Å². The van der Waals surface area contributed by atoms with Crippen LogP contribution in [-0.4, -0.2) is 57.2 Å². The Hall–Kier alpha value is -3.35. The maximum Gasteiger partial charge on any atom is 0.222 e. The van der Waals surface area contributed by atoms with Gasteiger partial charge in [-0.15, -0.1) is 0 Å². The number of amides is 1. The van der Waals surface area contributed by atoms with Gasteiger partial charge in [0.2, 0.25) is 5.91 Å². The molecule has 0 spiro atoms. The van der Waals surface area contributed by atoms with E-state index in [0.717, 1.165) is 80.7 Å². The molecule has 0 bridgehead atoms. The second kappa shape index (κ2) is 14.3. The van der Waals surface area contributed by atoms with E-state index in [9.17, 15) is 4.79 Å². The molecule has 0 unspecified atom stereocenters. The van der Waals surface area contributed by atoms with Crippen molar-refractivity contribution >= 4 is 17.7 Å². The molecule has 0 atom stereocenters. The molecule has 2 heterocycles. The van der Waals surface area contributed by atoms with Gasteiger partial charge in [0, 0.05) is 62.6 Å². The number of hydrogen-bond acceptors (Lipinski definition) is 4. The van der Waals surface area contributed by atoms with Crippen molar-refractivity contribution in [3.8, 4) is 22.5 Å². The molecule has 1 fully saturated rings. The predicted octanol–water partition coefficient (Wildman–Crippen LogP) is 7.23. The Balaban J connectivity index is 1.15. The van der Waals surface area contributed by atoms with E-state index in [-0.39, 0.29) is 0 Å². The largest absolute Gasteiger partial charge is 0.340 e. The first-order chi connectivity index (χ1) is 19.7. The Bertz CT molecular complexity index is 1330. The first-order valence-corrected chi connectivity index (χ1v) is 15.6. The van der Waals surface area contributed by atoms with E-state index in [0.29, 0.717) is 12.3 Å². The zero-order chi connectivity index (χ0) is 27.6. The zero-order valence-electron chi connectivity index (χ0n) is 23.5. The molecule has 5 nitrogen and oxygen atoms in total. The second-order valence-corrected chi connectivity index (χ2v) is 11.5. The summed E-state index contributed by atoms with van der Waals surface area (Å²) in [6.45, 7) is 7.68. The Kier molecular flexibility index (Phi) is 10.1. The summed E-state index contributed by atoms with van der Waals surface area (Å²) >= 11 is 1.82. The number of nitrogens with zero attached hydrogens (tertiary/aromatic N) is 4. The smallest absolute Gasteiger partial charge is 0.222 e. The molecule has 0 saturated carbocycles. The van der Waals surface area contributed by atoms with Crippen molar-refractivity contribution in [3.63, 3.8) is 0 Å². The van der Waals surface area contributed by atoms with Gasteiger partial charge in [0.15, 0.2) is 5.16 Å². The normalized spacial score (nSPS) is 14.0. The van der Waals surface area contributed by atoms with E-state index in [1.807, 2.05) is 11.8 Å². The van der Waals surface area contributed by atoms with Gasteiger partial charge in [0.25, 0.3) is 0 Å². The highest BCUT2D eigenvalue weighted by Crippen LogP contribution is 2.36. The van der Waals surface area contributed by atoms with Gasteiger partial charge in [-0.3, -0.25) is 9.69 Å². The number of rotatable bonds is 12. The van der Waals surface area contributed by atoms with Crippen LogP contribution in [0.5, 0.6) is 0 Å². The predicted molar refractivity (Wildman–Crippen MR) is 166 cm³/mol. The van der Waals surface area contributed by atoms with Crippen LogP contribution in [0.4, 0.5) is 0 Å². The number of carbonyl (C=O) groups excluding carboxylic acids is 1. The van der Waals surface area contributed by atoms with Crippen LogP contribution in [0.25, 0.3) is 22.5 Å². The molecule has 6 heteroatoms. The van der Waals surface area contributed by atoms with Crippen LogP contribution in [-0.2, 0) is 17.9 Å². The number of benzene rings is 3. The number of aromatic nitrogens is 2. The second-order valence-electron chi connectivity index (χ2n) is 10.4. The lowest BCUT2D eigenvalue weighted by atomic mass is 10.0. The molecule has 1 aliphatic rings. The van der Waals surface area contributed by atoms with Crippen molar-refractivity contribution in [3.05, 3.63) is 96.6 Å². The summed E-state index contributed by atoms with van der Waals surface area (Å²) < 4.78 is 2.39. The van der Waals surface area contributed by atoms with E-state index in [1.165, 1.54) is 16.8 Å². The maximum atomic E-state index is 12.9. The molecule has 0 aliphatic carbocycles. The number of unbranched alkanes of at least 4 members (excludes halogenated alkanes) is 1. The third-order valence-electron chi connectivity index (χ3n) is 7.46. The highest BCUT2D eigenvalue weighted by Gasteiger charge is 2.22. The fourth-order valence-electron chi connectivity index (χ4n) is 5.36. The summed E-state index contributed by atoms with van der Waals surface area (Å²) in [6.07, 6.45) is 3.60. The molecule has 40 heavy (non-hydrogen) atoms. The topological polar surface area (TPSA) is 41.4 Å². The molecule has 208 valence electrons. The lowest BCUT2D eigenvalue weighted by Gasteiger charge is -2.34. The monoisotopic (exact) mass is 552 g/mol. The Labute approximate surface area is 243 Å². The Morgan fingerprint density at radius 2 is 1.43 bits per heavy atom. The van der Waals surface area contributed by atoms with Gasteiger partial charge in [0.1, 0.15) is 0 Å². The van der Waals surface area contributed by atoms with Gasteiger partial charge in [-0.05, 0) is 24.8 Å². The number of piperazine rings is 1. The third-order valence-corrected chi connectivity index (χ3v) is 8.53. The molecule has 1 aromatic heterocycles. The summed E-state index contributed by atoms with van der Waals surface area (Å²) in [6, 6.07) is 31.7. The van der Waals surface area contributed by atoms with Gasteiger partial charge in [-0.1, -0.05) is 110 Å². The van der Waals surface area contributed by atoms with Crippen molar-refractivity contribution in [1.29, 1.82) is 0 Å². The van der Waals surface area contributed by atoms with Crippen molar-refractivity contribution in [2.24, 2.45) is 0 Å². The van der Waals surface area contributed by atoms with E-state index in [1.54, 1.807) is 0 Å². The molecule has 3 aromatic carbocycles. The van der Waals surface area contributed by atoms with Gasteiger partial charge >= 0.3 is 0 Å². The van der Waals surface area contributed by atoms with Crippen LogP contribution < -0.4 is 0 Å². The third kappa shape index (κ3) is 7.23. The van der Waals surface area contributed by atoms with E-state index < -0.39 is 0 Å². The van der Waals surface area contributed by atoms with E-state index in [4.69, 9.17) is 4.98 Å². The van der Waals surface area contributed by atoms with Gasteiger partial charge in [-0.2, -0.15) is 0 Å². The quantitative estimate of drug-likeness (QED) is 0.137. The van der Waals surface area contributed by atoms with Crippen LogP contribution in [0, 0.1) is 0 Å². The molecule has 0 radical (unpaired) electrons. The summed E-state index contributed by atoms with van der Waals surface area (Å²) in [5.41, 5.74) is 5.92. The average molecular weight is 553 g/mol. The fraction of sp³-hybridized carbons (Fsp3) is 0.353. The number of thioether (sulfide) groups is 1. The van der Waals surface area contributed by atoms with Crippen LogP contribution in [0.2, 0.25) is 0 Å². The van der Waals surface area contributed by atoms with Crippen LogP contribution in [0.15, 0.2) is 96.2 Å². The number of imidazole rings is 1. The zero-order valence-corrected chi connectivity index (χ0v) is 24.4. The molecular weight excluding hydrogens is 512 g/mol. The molecular formula is C34H40N4OS. The minimum absolute atomic E-state index is 0.301. The van der Waals surface area contributed by atoms with Gasteiger partial charge in [0.05, 0.1) is 11.4 Å². The van der Waals surface area contributed by atoms with Crippen molar-refractivity contribution in [2.75, 3.05) is 31.9 Å². The average Bonchev–Trinajstić information content (AvgIpc) is 3.37. The van der Waals surface area contributed by atoms with E-state index in [2.05, 4.69) is 112 Å². The Morgan fingerprint density at radius 3 is 2.08 bits per heavy atom. The highest BCUT2D eigenvalue weighted by atomic mass is 32.2. The van der Waals surface area contributed by atoms with Crippen LogP contribution >= 0.6 is 11.8 Å². The van der Waals surface area contributed by atoms with Crippen molar-refractivity contribution < 1.29 is 4.79 Å². The molecule has 1 aliphatic heterocycles.